The first-order valence-corrected chi connectivity index (χ1v) is 4.63. The van der Waals surface area contributed by atoms with E-state index in [2.05, 4.69) is 0 Å². The molecule has 1 unspecified atom stereocenters. The van der Waals surface area contributed by atoms with Gasteiger partial charge in [-0.1, -0.05) is 0 Å². The van der Waals surface area contributed by atoms with Crippen LogP contribution < -0.4 is 0 Å². The predicted octanol–water partition coefficient (Wildman–Crippen LogP) is 2.18. The molecule has 1 atom stereocenters. The highest BCUT2D eigenvalue weighted by Crippen LogP contribution is 2.35. The summed E-state index contributed by atoms with van der Waals surface area (Å²) in [6.45, 7) is 0.429. The molecule has 80 valence electrons. The molecule has 2 rings (SSSR count). The van der Waals surface area contributed by atoms with Gasteiger partial charge in [-0.15, -0.1) is 0 Å². The number of ether oxygens (including phenoxy) is 1. The first-order valence-electron chi connectivity index (χ1n) is 4.63. The minimum Gasteiger partial charge on any atom is -0.378 e. The number of rotatable bonds is 2. The van der Waals surface area contributed by atoms with E-state index in [4.69, 9.17) is 4.74 Å². The summed E-state index contributed by atoms with van der Waals surface area (Å²) in [6, 6.07) is 5.53. The van der Waals surface area contributed by atoms with Crippen LogP contribution in [0.4, 0.5) is 10.1 Å². The van der Waals surface area contributed by atoms with Gasteiger partial charge in [-0.05, 0) is 17.7 Å². The molecule has 15 heavy (non-hydrogen) atoms. The summed E-state index contributed by atoms with van der Waals surface area (Å²) in [5, 5.41) is 10.4. The van der Waals surface area contributed by atoms with E-state index in [0.717, 1.165) is 0 Å². The molecule has 0 N–H and O–H groups in total. The van der Waals surface area contributed by atoms with Gasteiger partial charge in [0.15, 0.2) is 5.67 Å². The zero-order chi connectivity index (χ0) is 10.9. The third-order valence-corrected chi connectivity index (χ3v) is 2.57. The van der Waals surface area contributed by atoms with E-state index in [1.807, 2.05) is 0 Å². The lowest BCUT2D eigenvalue weighted by atomic mass is 9.95. The third-order valence-electron chi connectivity index (χ3n) is 2.57. The maximum Gasteiger partial charge on any atom is 0.269 e. The van der Waals surface area contributed by atoms with Gasteiger partial charge in [-0.25, -0.2) is 4.39 Å². The van der Waals surface area contributed by atoms with Gasteiger partial charge in [0.1, 0.15) is 0 Å². The van der Waals surface area contributed by atoms with Gasteiger partial charge in [0, 0.05) is 18.6 Å². The van der Waals surface area contributed by atoms with E-state index in [9.17, 15) is 14.5 Å². The molecule has 1 fully saturated rings. The maximum absolute atomic E-state index is 14.1. The molecule has 1 aromatic rings. The summed E-state index contributed by atoms with van der Waals surface area (Å²) < 4.78 is 19.1. The number of nitrogens with zero attached hydrogens (tertiary/aromatic N) is 1. The van der Waals surface area contributed by atoms with Crippen molar-refractivity contribution < 1.29 is 14.1 Å². The van der Waals surface area contributed by atoms with Gasteiger partial charge in [0.25, 0.3) is 5.69 Å². The Labute approximate surface area is 85.8 Å². The highest BCUT2D eigenvalue weighted by molar-refractivity contribution is 5.35. The molecule has 0 amide bonds. The SMILES string of the molecule is O=[N+]([O-])c1ccc(C2(F)CCOC2)cc1. The second-order valence-corrected chi connectivity index (χ2v) is 3.57. The van der Waals surface area contributed by atoms with Gasteiger partial charge in [0.2, 0.25) is 0 Å². The predicted molar refractivity (Wildman–Crippen MR) is 51.3 cm³/mol. The van der Waals surface area contributed by atoms with Crippen LogP contribution in [0.3, 0.4) is 0 Å². The molecule has 0 radical (unpaired) electrons. The van der Waals surface area contributed by atoms with E-state index in [0.29, 0.717) is 18.6 Å². The Morgan fingerprint density at radius 3 is 2.53 bits per heavy atom. The minimum atomic E-state index is -1.48. The number of nitro groups is 1. The minimum absolute atomic E-state index is 0.0266. The van der Waals surface area contributed by atoms with Crippen molar-refractivity contribution in [3.8, 4) is 0 Å². The smallest absolute Gasteiger partial charge is 0.269 e. The Balaban J connectivity index is 2.26. The summed E-state index contributed by atoms with van der Waals surface area (Å²) in [7, 11) is 0. The summed E-state index contributed by atoms with van der Waals surface area (Å²) in [4.78, 5) is 9.90. The maximum atomic E-state index is 14.1. The van der Waals surface area contributed by atoms with Crippen molar-refractivity contribution in [2.45, 2.75) is 12.1 Å². The van der Waals surface area contributed by atoms with E-state index in [1.54, 1.807) is 0 Å². The van der Waals surface area contributed by atoms with E-state index >= 15 is 0 Å². The molecule has 1 aromatic carbocycles. The molecule has 1 aliphatic rings. The average Bonchev–Trinajstić information content (AvgIpc) is 2.67. The van der Waals surface area contributed by atoms with Crippen molar-refractivity contribution in [3.63, 3.8) is 0 Å². The molecule has 0 spiro atoms. The molecule has 0 saturated carbocycles. The van der Waals surface area contributed by atoms with Crippen molar-refractivity contribution in [2.75, 3.05) is 13.2 Å². The molecule has 0 aromatic heterocycles. The second kappa shape index (κ2) is 3.58. The number of benzene rings is 1. The van der Waals surface area contributed by atoms with E-state index in [1.165, 1.54) is 24.3 Å². The molecular weight excluding hydrogens is 201 g/mol. The zero-order valence-corrected chi connectivity index (χ0v) is 7.98. The lowest BCUT2D eigenvalue weighted by molar-refractivity contribution is -0.384. The number of hydrogen-bond donors (Lipinski definition) is 0. The van der Waals surface area contributed by atoms with Crippen LogP contribution in [-0.4, -0.2) is 18.1 Å². The first-order chi connectivity index (χ1) is 7.12. The van der Waals surface area contributed by atoms with Gasteiger partial charge in [-0.2, -0.15) is 0 Å². The Morgan fingerprint density at radius 1 is 1.40 bits per heavy atom. The normalized spacial score (nSPS) is 25.4. The van der Waals surface area contributed by atoms with Gasteiger partial charge in [0.05, 0.1) is 18.1 Å². The lowest BCUT2D eigenvalue weighted by Crippen LogP contribution is -2.19. The van der Waals surface area contributed by atoms with Crippen LogP contribution in [0, 0.1) is 10.1 Å². The van der Waals surface area contributed by atoms with Crippen LogP contribution >= 0.6 is 0 Å². The van der Waals surface area contributed by atoms with Crippen molar-refractivity contribution in [1.29, 1.82) is 0 Å². The zero-order valence-electron chi connectivity index (χ0n) is 7.98. The van der Waals surface area contributed by atoms with Crippen LogP contribution in [0.2, 0.25) is 0 Å². The second-order valence-electron chi connectivity index (χ2n) is 3.57. The summed E-state index contributed by atoms with van der Waals surface area (Å²) in [5.74, 6) is 0. The van der Waals surface area contributed by atoms with Crippen LogP contribution in [0.1, 0.15) is 12.0 Å². The van der Waals surface area contributed by atoms with E-state index < -0.39 is 10.6 Å². The molecule has 0 aliphatic carbocycles. The van der Waals surface area contributed by atoms with Crippen LogP contribution in [0.25, 0.3) is 0 Å². The van der Waals surface area contributed by atoms with Gasteiger partial charge >= 0.3 is 0 Å². The van der Waals surface area contributed by atoms with Crippen LogP contribution in [0.15, 0.2) is 24.3 Å². The fourth-order valence-electron chi connectivity index (χ4n) is 1.65. The summed E-state index contributed by atoms with van der Waals surface area (Å²) >= 11 is 0. The van der Waals surface area contributed by atoms with Crippen molar-refractivity contribution in [3.05, 3.63) is 39.9 Å². The standard InChI is InChI=1S/C10H10FNO3/c11-10(5-6-15-7-10)8-1-3-9(4-2-8)12(13)14/h1-4H,5-7H2. The van der Waals surface area contributed by atoms with Gasteiger partial charge < -0.3 is 4.74 Å². The van der Waals surface area contributed by atoms with E-state index in [-0.39, 0.29) is 12.3 Å². The first kappa shape index (κ1) is 10.0. The number of alkyl halides is 1. The Hall–Kier alpha value is -1.49. The number of non-ortho nitro benzene ring substituents is 1. The lowest BCUT2D eigenvalue weighted by Gasteiger charge is -2.16. The Morgan fingerprint density at radius 2 is 2.07 bits per heavy atom. The molecule has 1 aliphatic heterocycles. The molecule has 0 bridgehead atoms. The molecule has 4 nitrogen and oxygen atoms in total. The summed E-state index contributed by atoms with van der Waals surface area (Å²) in [5.41, 5.74) is -1.05. The molecular formula is C10H10FNO3. The average molecular weight is 211 g/mol. The fraction of sp³-hybridized carbons (Fsp3) is 0.400. The fourth-order valence-corrected chi connectivity index (χ4v) is 1.65. The molecule has 5 heteroatoms. The molecule has 1 heterocycles. The Bertz CT molecular complexity index is 371. The summed E-state index contributed by atoms with van der Waals surface area (Å²) in [6.07, 6.45) is 0.310. The number of hydrogen-bond acceptors (Lipinski definition) is 3. The van der Waals surface area contributed by atoms with Crippen LogP contribution in [-0.2, 0) is 10.4 Å². The van der Waals surface area contributed by atoms with Gasteiger partial charge in [-0.3, -0.25) is 10.1 Å². The van der Waals surface area contributed by atoms with Crippen molar-refractivity contribution >= 4 is 5.69 Å². The Kier molecular flexibility index (Phi) is 2.40. The number of halogens is 1. The van der Waals surface area contributed by atoms with Crippen LogP contribution in [0.5, 0.6) is 0 Å². The largest absolute Gasteiger partial charge is 0.378 e. The van der Waals surface area contributed by atoms with Crippen molar-refractivity contribution in [1.82, 2.24) is 0 Å². The monoisotopic (exact) mass is 211 g/mol. The highest BCUT2D eigenvalue weighted by atomic mass is 19.1. The topological polar surface area (TPSA) is 52.4 Å². The van der Waals surface area contributed by atoms with Crippen molar-refractivity contribution in [2.24, 2.45) is 0 Å². The number of nitro benzene ring substituents is 1. The quantitative estimate of drug-likeness (QED) is 0.556. The third kappa shape index (κ3) is 1.83. The highest BCUT2D eigenvalue weighted by Gasteiger charge is 2.36. The molecule has 1 saturated heterocycles.